The van der Waals surface area contributed by atoms with Gasteiger partial charge in [0.2, 0.25) is 5.91 Å². The average molecular weight is 348 g/mol. The normalized spacial score (nSPS) is 20.8. The highest BCUT2D eigenvalue weighted by Gasteiger charge is 2.44. The number of nitrogens with one attached hydrogen (secondary N) is 1. The fourth-order valence-electron chi connectivity index (χ4n) is 3.22. The predicted octanol–water partition coefficient (Wildman–Crippen LogP) is 4.99. The fourth-order valence-corrected chi connectivity index (χ4v) is 3.22. The van der Waals surface area contributed by atoms with E-state index < -0.39 is 0 Å². The Balaban J connectivity index is 1.52. The van der Waals surface area contributed by atoms with E-state index in [1.165, 1.54) is 16.7 Å². The van der Waals surface area contributed by atoms with Crippen LogP contribution in [0.2, 0.25) is 0 Å². The lowest BCUT2D eigenvalue weighted by atomic mass is 9.86. The molecule has 3 atom stereocenters. The summed E-state index contributed by atoms with van der Waals surface area (Å²) in [6.07, 6.45) is 2.70. The van der Waals surface area contributed by atoms with Crippen LogP contribution in [0.1, 0.15) is 62.6 Å². The summed E-state index contributed by atoms with van der Waals surface area (Å²) in [6.45, 7) is 8.71. The second kappa shape index (κ2) is 7.45. The van der Waals surface area contributed by atoms with Gasteiger partial charge in [0.15, 0.2) is 0 Å². The molecule has 3 rings (SSSR count). The van der Waals surface area contributed by atoms with Crippen LogP contribution in [0.15, 0.2) is 59.7 Å². The molecule has 0 radical (unpaired) electrons. The van der Waals surface area contributed by atoms with Crippen molar-refractivity contribution in [2.45, 2.75) is 51.4 Å². The summed E-state index contributed by atoms with van der Waals surface area (Å²) in [5.41, 5.74) is 6.63. The van der Waals surface area contributed by atoms with Gasteiger partial charge in [0.05, 0.1) is 0 Å². The number of benzene rings is 2. The van der Waals surface area contributed by atoms with Crippen molar-refractivity contribution in [2.24, 2.45) is 11.0 Å². The quantitative estimate of drug-likeness (QED) is 0.600. The van der Waals surface area contributed by atoms with Crippen molar-refractivity contribution in [1.82, 2.24) is 5.43 Å². The van der Waals surface area contributed by atoms with Crippen molar-refractivity contribution in [3.63, 3.8) is 0 Å². The standard InChI is InChI=1S/C23H28N2O/c1-16(17-8-6-5-7-9-17)15-24-25-22(26)21-14-20(21)18-10-12-19(13-11-18)23(2,3)4/h5-13,15-16,20-21H,14H2,1-4H3,(H,25,26)/b24-15-/t16-,20+,21+/m0/s1. The van der Waals surface area contributed by atoms with Gasteiger partial charge in [0.1, 0.15) is 0 Å². The molecule has 0 heterocycles. The molecule has 0 bridgehead atoms. The molecular formula is C23H28N2O. The second-order valence-electron chi connectivity index (χ2n) is 8.27. The number of nitrogens with zero attached hydrogens (tertiary/aromatic N) is 1. The van der Waals surface area contributed by atoms with Crippen LogP contribution in [-0.2, 0) is 10.2 Å². The maximum atomic E-state index is 12.3. The third-order valence-corrected chi connectivity index (χ3v) is 5.13. The Hall–Kier alpha value is -2.42. The zero-order valence-electron chi connectivity index (χ0n) is 16.1. The van der Waals surface area contributed by atoms with Crippen LogP contribution >= 0.6 is 0 Å². The largest absolute Gasteiger partial charge is 0.273 e. The van der Waals surface area contributed by atoms with Gasteiger partial charge in [-0.2, -0.15) is 5.10 Å². The summed E-state index contributed by atoms with van der Waals surface area (Å²) in [5.74, 6) is 0.563. The Morgan fingerprint density at radius 2 is 1.77 bits per heavy atom. The zero-order chi connectivity index (χ0) is 18.7. The molecule has 1 amide bonds. The molecule has 0 unspecified atom stereocenters. The highest BCUT2D eigenvalue weighted by molar-refractivity contribution is 5.83. The Kier molecular flexibility index (Phi) is 5.26. The van der Waals surface area contributed by atoms with Crippen LogP contribution in [0.5, 0.6) is 0 Å². The lowest BCUT2D eigenvalue weighted by molar-refractivity contribution is -0.122. The summed E-state index contributed by atoms with van der Waals surface area (Å²) in [6, 6.07) is 18.9. The maximum absolute atomic E-state index is 12.3. The number of hydrogen-bond acceptors (Lipinski definition) is 2. The number of amides is 1. The van der Waals surface area contributed by atoms with E-state index in [4.69, 9.17) is 0 Å². The van der Waals surface area contributed by atoms with Crippen molar-refractivity contribution in [3.05, 3.63) is 71.3 Å². The topological polar surface area (TPSA) is 41.5 Å². The Bertz CT molecular complexity index is 772. The third-order valence-electron chi connectivity index (χ3n) is 5.13. The smallest absolute Gasteiger partial charge is 0.243 e. The van der Waals surface area contributed by atoms with E-state index in [-0.39, 0.29) is 23.2 Å². The number of hydrogen-bond donors (Lipinski definition) is 1. The Morgan fingerprint density at radius 1 is 1.12 bits per heavy atom. The minimum atomic E-state index is 0.0198. The molecule has 1 aliphatic rings. The molecule has 2 aromatic carbocycles. The molecule has 3 heteroatoms. The third kappa shape index (κ3) is 4.40. The molecular weight excluding hydrogens is 320 g/mol. The first-order valence-electron chi connectivity index (χ1n) is 9.34. The monoisotopic (exact) mass is 348 g/mol. The molecule has 26 heavy (non-hydrogen) atoms. The zero-order valence-corrected chi connectivity index (χ0v) is 16.1. The molecule has 1 aliphatic carbocycles. The molecule has 0 aliphatic heterocycles. The van der Waals surface area contributed by atoms with Gasteiger partial charge in [-0.1, -0.05) is 82.3 Å². The summed E-state index contributed by atoms with van der Waals surface area (Å²) >= 11 is 0. The van der Waals surface area contributed by atoms with E-state index >= 15 is 0 Å². The SMILES string of the molecule is C[C@@H](/C=N\NC(=O)[C@@H]1C[C@@H]1c1ccc(C(C)(C)C)cc1)c1ccccc1. The van der Waals surface area contributed by atoms with Crippen LogP contribution in [0, 0.1) is 5.92 Å². The summed E-state index contributed by atoms with van der Waals surface area (Å²) in [7, 11) is 0. The van der Waals surface area contributed by atoms with Crippen LogP contribution in [-0.4, -0.2) is 12.1 Å². The first kappa shape index (κ1) is 18.4. The van der Waals surface area contributed by atoms with Crippen molar-refractivity contribution in [2.75, 3.05) is 0 Å². The highest BCUT2D eigenvalue weighted by atomic mass is 16.2. The number of carbonyl (C=O) groups is 1. The first-order valence-corrected chi connectivity index (χ1v) is 9.34. The van der Waals surface area contributed by atoms with Crippen LogP contribution in [0.3, 0.4) is 0 Å². The molecule has 1 saturated carbocycles. The average Bonchev–Trinajstić information content (AvgIpc) is 3.42. The molecule has 0 saturated heterocycles. The lowest BCUT2D eigenvalue weighted by Crippen LogP contribution is -2.20. The van der Waals surface area contributed by atoms with Gasteiger partial charge in [-0.05, 0) is 34.4 Å². The predicted molar refractivity (Wildman–Crippen MR) is 107 cm³/mol. The van der Waals surface area contributed by atoms with E-state index in [1.807, 2.05) is 18.2 Å². The highest BCUT2D eigenvalue weighted by Crippen LogP contribution is 2.47. The van der Waals surface area contributed by atoms with E-state index in [1.54, 1.807) is 6.21 Å². The minimum Gasteiger partial charge on any atom is -0.273 e. The maximum Gasteiger partial charge on any atom is 0.243 e. The van der Waals surface area contributed by atoms with Crippen LogP contribution < -0.4 is 5.43 Å². The van der Waals surface area contributed by atoms with E-state index in [0.29, 0.717) is 5.92 Å². The molecule has 0 aromatic heterocycles. The summed E-state index contributed by atoms with van der Waals surface area (Å²) in [4.78, 5) is 12.3. The fraction of sp³-hybridized carbons (Fsp3) is 0.391. The number of carbonyl (C=O) groups excluding carboxylic acids is 1. The first-order chi connectivity index (χ1) is 12.4. The second-order valence-corrected chi connectivity index (χ2v) is 8.27. The van der Waals surface area contributed by atoms with Crippen molar-refractivity contribution in [1.29, 1.82) is 0 Å². The van der Waals surface area contributed by atoms with Gasteiger partial charge in [-0.25, -0.2) is 5.43 Å². The van der Waals surface area contributed by atoms with Gasteiger partial charge in [-0.15, -0.1) is 0 Å². The Labute approximate surface area is 156 Å². The molecule has 1 N–H and O–H groups in total. The van der Waals surface area contributed by atoms with Crippen molar-refractivity contribution < 1.29 is 4.79 Å². The van der Waals surface area contributed by atoms with Gasteiger partial charge >= 0.3 is 0 Å². The van der Waals surface area contributed by atoms with Crippen molar-refractivity contribution >= 4 is 12.1 Å². The summed E-state index contributed by atoms with van der Waals surface area (Å²) < 4.78 is 0. The molecule has 136 valence electrons. The van der Waals surface area contributed by atoms with E-state index in [2.05, 4.69) is 74.6 Å². The van der Waals surface area contributed by atoms with E-state index in [0.717, 1.165) is 6.42 Å². The number of rotatable bonds is 5. The minimum absolute atomic E-state index is 0.0198. The van der Waals surface area contributed by atoms with Gasteiger partial charge in [0, 0.05) is 18.1 Å². The molecule has 3 nitrogen and oxygen atoms in total. The van der Waals surface area contributed by atoms with Crippen molar-refractivity contribution in [3.8, 4) is 0 Å². The van der Waals surface area contributed by atoms with Gasteiger partial charge < -0.3 is 0 Å². The van der Waals surface area contributed by atoms with Gasteiger partial charge in [-0.3, -0.25) is 4.79 Å². The van der Waals surface area contributed by atoms with Crippen LogP contribution in [0.4, 0.5) is 0 Å². The molecule has 0 spiro atoms. The van der Waals surface area contributed by atoms with Crippen LogP contribution in [0.25, 0.3) is 0 Å². The molecule has 1 fully saturated rings. The summed E-state index contributed by atoms with van der Waals surface area (Å²) in [5, 5.41) is 4.16. The number of hydrazone groups is 1. The molecule has 2 aromatic rings. The Morgan fingerprint density at radius 3 is 2.38 bits per heavy atom. The van der Waals surface area contributed by atoms with E-state index in [9.17, 15) is 4.79 Å². The lowest BCUT2D eigenvalue weighted by Gasteiger charge is -2.19. The van der Waals surface area contributed by atoms with Gasteiger partial charge in [0.25, 0.3) is 0 Å².